The van der Waals surface area contributed by atoms with Gasteiger partial charge >= 0.3 is 0 Å². The van der Waals surface area contributed by atoms with Crippen LogP contribution in [0.1, 0.15) is 23.6 Å². The fourth-order valence-electron chi connectivity index (χ4n) is 1.89. The minimum Gasteiger partial charge on any atom is -0.204 e. The van der Waals surface area contributed by atoms with Crippen molar-refractivity contribution in [2.45, 2.75) is 13.3 Å². The van der Waals surface area contributed by atoms with E-state index in [4.69, 9.17) is 0 Å². The van der Waals surface area contributed by atoms with Gasteiger partial charge in [0.2, 0.25) is 0 Å². The van der Waals surface area contributed by atoms with Crippen LogP contribution in [0.25, 0.3) is 12.2 Å². The van der Waals surface area contributed by atoms with Gasteiger partial charge in [-0.3, -0.25) is 0 Å². The van der Waals surface area contributed by atoms with E-state index in [2.05, 4.69) is 24.1 Å². The molecule has 0 bridgehead atoms. The average molecular weight is 301 g/mol. The molecule has 0 saturated heterocycles. The first-order valence-corrected chi connectivity index (χ1v) is 6.88. The topological polar surface area (TPSA) is 12.4 Å². The molecule has 4 heteroatoms. The van der Waals surface area contributed by atoms with Crippen molar-refractivity contribution >= 4 is 35.2 Å². The molecule has 0 atom stereocenters. The number of thiocarbonyl (C=S) groups is 1. The number of aliphatic imine (C=N–C) groups is 1. The normalized spacial score (nSPS) is 10.6. The van der Waals surface area contributed by atoms with E-state index in [9.17, 15) is 8.78 Å². The van der Waals surface area contributed by atoms with Crippen LogP contribution in [0.2, 0.25) is 0 Å². The van der Waals surface area contributed by atoms with Crippen LogP contribution in [0.5, 0.6) is 0 Å². The second-order valence-electron chi connectivity index (χ2n) is 4.46. The first kappa shape index (κ1) is 15.2. The monoisotopic (exact) mass is 301 g/mol. The second-order valence-corrected chi connectivity index (χ2v) is 4.65. The number of benzene rings is 2. The molecule has 0 spiro atoms. The van der Waals surface area contributed by atoms with Crippen LogP contribution in [-0.2, 0) is 6.42 Å². The number of rotatable bonds is 4. The summed E-state index contributed by atoms with van der Waals surface area (Å²) in [5.41, 5.74) is 2.22. The maximum absolute atomic E-state index is 13.7. The number of aryl methyl sites for hydroxylation is 1. The molecule has 0 aromatic heterocycles. The quantitative estimate of drug-likeness (QED) is 0.416. The maximum atomic E-state index is 13.7. The lowest BCUT2D eigenvalue weighted by atomic mass is 10.1. The Kier molecular flexibility index (Phi) is 5.09. The molecule has 106 valence electrons. The lowest BCUT2D eigenvalue weighted by Crippen LogP contribution is -1.85. The molecule has 0 aliphatic rings. The Balaban J connectivity index is 2.26. The minimum absolute atomic E-state index is 0.408. The summed E-state index contributed by atoms with van der Waals surface area (Å²) in [4.78, 5) is 3.37. The number of hydrogen-bond acceptors (Lipinski definition) is 2. The standard InChI is InChI=1S/C17H13F2NS/c1-2-12-3-5-13(6-4-12)7-8-14-9-15(18)17(20-11-21)16(19)10-14/h3-10H,2H2,1H3/b8-7+. The number of nitrogens with zero attached hydrogens (tertiary/aromatic N) is 1. The number of halogens is 2. The van der Waals surface area contributed by atoms with Crippen molar-refractivity contribution in [2.75, 3.05) is 0 Å². The van der Waals surface area contributed by atoms with Crippen LogP contribution < -0.4 is 0 Å². The highest BCUT2D eigenvalue weighted by atomic mass is 32.1. The van der Waals surface area contributed by atoms with E-state index in [1.807, 2.05) is 29.4 Å². The summed E-state index contributed by atoms with van der Waals surface area (Å²) in [6.45, 7) is 2.08. The van der Waals surface area contributed by atoms with Gasteiger partial charge in [-0.25, -0.2) is 8.78 Å². The molecule has 0 radical (unpaired) electrons. The second kappa shape index (κ2) is 7.02. The SMILES string of the molecule is CCc1ccc(/C=C/c2cc(F)c(N=C=S)c(F)c2)cc1. The third-order valence-electron chi connectivity index (χ3n) is 3.05. The molecule has 0 N–H and O–H groups in total. The number of hydrogen-bond donors (Lipinski definition) is 0. The smallest absolute Gasteiger partial charge is 0.153 e. The molecule has 0 heterocycles. The predicted octanol–water partition coefficient (Wildman–Crippen LogP) is 5.43. The number of isothiocyanates is 1. The third-order valence-corrected chi connectivity index (χ3v) is 3.14. The highest BCUT2D eigenvalue weighted by Crippen LogP contribution is 2.24. The van der Waals surface area contributed by atoms with E-state index in [1.54, 1.807) is 12.2 Å². The summed E-state index contributed by atoms with van der Waals surface area (Å²) >= 11 is 4.36. The molecular weight excluding hydrogens is 288 g/mol. The van der Waals surface area contributed by atoms with Crippen LogP contribution in [0.15, 0.2) is 41.4 Å². The van der Waals surface area contributed by atoms with Crippen LogP contribution in [-0.4, -0.2) is 5.16 Å². The molecule has 0 fully saturated rings. The van der Waals surface area contributed by atoms with Crippen molar-refractivity contribution in [3.8, 4) is 0 Å². The Morgan fingerprint density at radius 3 is 2.14 bits per heavy atom. The Morgan fingerprint density at radius 2 is 1.62 bits per heavy atom. The molecular formula is C17H13F2NS. The highest BCUT2D eigenvalue weighted by molar-refractivity contribution is 7.78. The Hall–Kier alpha value is -2.16. The Labute approximate surface area is 127 Å². The van der Waals surface area contributed by atoms with Gasteiger partial charge in [-0.2, -0.15) is 4.99 Å². The largest absolute Gasteiger partial charge is 0.204 e. The predicted molar refractivity (Wildman–Crippen MR) is 85.8 cm³/mol. The zero-order valence-electron chi connectivity index (χ0n) is 11.4. The van der Waals surface area contributed by atoms with Crippen molar-refractivity contribution in [3.63, 3.8) is 0 Å². The summed E-state index contributed by atoms with van der Waals surface area (Å²) in [5.74, 6) is -1.51. The van der Waals surface area contributed by atoms with E-state index < -0.39 is 17.3 Å². The molecule has 21 heavy (non-hydrogen) atoms. The van der Waals surface area contributed by atoms with Gasteiger partial charge in [0.25, 0.3) is 0 Å². The minimum atomic E-state index is -0.756. The lowest BCUT2D eigenvalue weighted by molar-refractivity contribution is 0.587. The van der Waals surface area contributed by atoms with Crippen molar-refractivity contribution < 1.29 is 8.78 Å². The van der Waals surface area contributed by atoms with Gasteiger partial charge in [0.15, 0.2) is 11.6 Å². The molecule has 1 nitrogen and oxygen atoms in total. The zero-order valence-corrected chi connectivity index (χ0v) is 12.3. The highest BCUT2D eigenvalue weighted by Gasteiger charge is 2.08. The van der Waals surface area contributed by atoms with Crippen LogP contribution in [0.3, 0.4) is 0 Å². The van der Waals surface area contributed by atoms with E-state index in [1.165, 1.54) is 17.7 Å². The van der Waals surface area contributed by atoms with Gasteiger partial charge in [0.05, 0.1) is 5.16 Å². The van der Waals surface area contributed by atoms with Gasteiger partial charge in [-0.15, -0.1) is 0 Å². The maximum Gasteiger partial charge on any atom is 0.153 e. The summed E-state index contributed by atoms with van der Waals surface area (Å²) < 4.78 is 27.3. The van der Waals surface area contributed by atoms with Gasteiger partial charge in [0, 0.05) is 0 Å². The van der Waals surface area contributed by atoms with Gasteiger partial charge in [-0.05, 0) is 47.5 Å². The fourth-order valence-corrected chi connectivity index (χ4v) is 1.98. The van der Waals surface area contributed by atoms with Crippen molar-refractivity contribution in [2.24, 2.45) is 4.99 Å². The van der Waals surface area contributed by atoms with Crippen LogP contribution in [0, 0.1) is 11.6 Å². The summed E-state index contributed by atoms with van der Waals surface area (Å²) in [6, 6.07) is 10.4. The molecule has 0 unspecified atom stereocenters. The summed E-state index contributed by atoms with van der Waals surface area (Å²) in [7, 11) is 0. The molecule has 2 aromatic carbocycles. The zero-order chi connectivity index (χ0) is 15.2. The fraction of sp³-hybridized carbons (Fsp3) is 0.118. The average Bonchev–Trinajstić information content (AvgIpc) is 2.49. The van der Waals surface area contributed by atoms with Gasteiger partial charge < -0.3 is 0 Å². The molecule has 0 amide bonds. The summed E-state index contributed by atoms with van der Waals surface area (Å²) in [6.07, 6.45) is 4.43. The van der Waals surface area contributed by atoms with E-state index >= 15 is 0 Å². The van der Waals surface area contributed by atoms with Crippen LogP contribution in [0.4, 0.5) is 14.5 Å². The Morgan fingerprint density at radius 1 is 1.05 bits per heavy atom. The lowest BCUT2D eigenvalue weighted by Gasteiger charge is -2.01. The first-order chi connectivity index (χ1) is 10.1. The van der Waals surface area contributed by atoms with E-state index in [-0.39, 0.29) is 0 Å². The Bertz CT molecular complexity index is 691. The molecule has 0 saturated carbocycles. The van der Waals surface area contributed by atoms with Gasteiger partial charge in [0.1, 0.15) is 5.69 Å². The first-order valence-electron chi connectivity index (χ1n) is 6.48. The molecule has 2 aromatic rings. The molecule has 0 aliphatic carbocycles. The van der Waals surface area contributed by atoms with Crippen molar-refractivity contribution in [1.82, 2.24) is 0 Å². The summed E-state index contributed by atoms with van der Waals surface area (Å²) in [5, 5.41) is 1.96. The van der Waals surface area contributed by atoms with Crippen molar-refractivity contribution in [1.29, 1.82) is 0 Å². The molecule has 2 rings (SSSR count). The van der Waals surface area contributed by atoms with Crippen molar-refractivity contribution in [3.05, 3.63) is 64.7 Å². The molecule has 0 aliphatic heterocycles. The third kappa shape index (κ3) is 3.91. The van der Waals surface area contributed by atoms with E-state index in [0.29, 0.717) is 5.56 Å². The van der Waals surface area contributed by atoms with Crippen LogP contribution >= 0.6 is 12.2 Å². The van der Waals surface area contributed by atoms with E-state index in [0.717, 1.165) is 12.0 Å². The van der Waals surface area contributed by atoms with Gasteiger partial charge in [-0.1, -0.05) is 43.3 Å².